The fourth-order valence-corrected chi connectivity index (χ4v) is 3.15. The summed E-state index contributed by atoms with van der Waals surface area (Å²) in [6, 6.07) is 6.48. The molecule has 2 rings (SSSR count). The van der Waals surface area contributed by atoms with Crippen LogP contribution in [0.1, 0.15) is 25.7 Å². The second kappa shape index (κ2) is 7.79. The van der Waals surface area contributed by atoms with Crippen molar-refractivity contribution in [3.8, 4) is 5.75 Å². The lowest BCUT2D eigenvalue weighted by molar-refractivity contribution is -0.130. The van der Waals surface area contributed by atoms with Crippen LogP contribution in [0.25, 0.3) is 0 Å². The van der Waals surface area contributed by atoms with Crippen LogP contribution in [0.3, 0.4) is 0 Å². The summed E-state index contributed by atoms with van der Waals surface area (Å²) in [5, 5.41) is 0. The second-order valence-corrected chi connectivity index (χ2v) is 7.95. The second-order valence-electron chi connectivity index (χ2n) is 5.94. The van der Waals surface area contributed by atoms with E-state index in [1.807, 2.05) is 4.90 Å². The zero-order valence-electron chi connectivity index (χ0n) is 13.4. The highest BCUT2D eigenvalue weighted by molar-refractivity contribution is 7.90. The van der Waals surface area contributed by atoms with Crippen molar-refractivity contribution in [2.45, 2.75) is 36.6 Å². The van der Waals surface area contributed by atoms with Crippen LogP contribution in [-0.2, 0) is 14.6 Å². The fourth-order valence-electron chi connectivity index (χ4n) is 2.52. The average Bonchev–Trinajstić information content (AvgIpc) is 2.93. The van der Waals surface area contributed by atoms with Gasteiger partial charge in [-0.25, -0.2) is 8.42 Å². The van der Waals surface area contributed by atoms with Gasteiger partial charge in [-0.2, -0.15) is 0 Å². The molecule has 1 atom stereocenters. The molecular formula is C16H24N2O4S. The van der Waals surface area contributed by atoms with Crippen molar-refractivity contribution < 1.29 is 17.9 Å². The maximum Gasteiger partial charge on any atom is 0.222 e. The van der Waals surface area contributed by atoms with E-state index in [2.05, 4.69) is 0 Å². The molecule has 2 N–H and O–H groups in total. The third-order valence-electron chi connectivity index (χ3n) is 3.88. The van der Waals surface area contributed by atoms with Crippen LogP contribution in [0, 0.1) is 0 Å². The summed E-state index contributed by atoms with van der Waals surface area (Å²) in [7, 11) is -3.18. The van der Waals surface area contributed by atoms with Crippen LogP contribution in [-0.4, -0.2) is 51.2 Å². The van der Waals surface area contributed by atoms with Crippen LogP contribution >= 0.6 is 0 Å². The van der Waals surface area contributed by atoms with Crippen molar-refractivity contribution >= 4 is 15.7 Å². The Balaban J connectivity index is 1.65. The summed E-state index contributed by atoms with van der Waals surface area (Å²) in [6.07, 6.45) is 4.12. The minimum absolute atomic E-state index is 0.122. The summed E-state index contributed by atoms with van der Waals surface area (Å²) in [4.78, 5) is 14.0. The van der Waals surface area contributed by atoms with E-state index in [1.165, 1.54) is 18.4 Å². The lowest BCUT2D eigenvalue weighted by Crippen LogP contribution is -2.31. The number of nitrogens with zero attached hydrogens (tertiary/aromatic N) is 1. The Bertz CT molecular complexity index is 628. The van der Waals surface area contributed by atoms with Gasteiger partial charge in [0.1, 0.15) is 5.75 Å². The lowest BCUT2D eigenvalue weighted by atomic mass is 10.2. The van der Waals surface area contributed by atoms with Crippen LogP contribution in [0.2, 0.25) is 0 Å². The number of unbranched alkanes of at least 4 members (excludes halogenated alkanes) is 1. The lowest BCUT2D eigenvalue weighted by Gasteiger charge is -2.15. The molecule has 7 heteroatoms. The Kier molecular flexibility index (Phi) is 6.01. The van der Waals surface area contributed by atoms with E-state index in [9.17, 15) is 13.2 Å². The summed E-state index contributed by atoms with van der Waals surface area (Å²) < 4.78 is 28.3. The quantitative estimate of drug-likeness (QED) is 0.753. The molecule has 1 aromatic rings. The van der Waals surface area contributed by atoms with E-state index < -0.39 is 9.84 Å². The first kappa shape index (κ1) is 17.7. The number of sulfone groups is 1. The number of carbonyl (C=O) groups is 1. The maximum atomic E-state index is 11.9. The van der Waals surface area contributed by atoms with Gasteiger partial charge in [0.15, 0.2) is 9.84 Å². The SMILES string of the molecule is CS(=O)(=O)c1ccc(OCCCCC(=O)N2CC[C@@H](N)C2)cc1. The van der Waals surface area contributed by atoms with Crippen LogP contribution in [0.4, 0.5) is 0 Å². The molecule has 1 fully saturated rings. The third-order valence-corrected chi connectivity index (χ3v) is 5.01. The van der Waals surface area contributed by atoms with Crippen molar-refractivity contribution in [2.24, 2.45) is 5.73 Å². The van der Waals surface area contributed by atoms with Gasteiger partial charge in [-0.1, -0.05) is 0 Å². The van der Waals surface area contributed by atoms with Crippen molar-refractivity contribution in [2.75, 3.05) is 26.0 Å². The van der Waals surface area contributed by atoms with E-state index in [1.54, 1.807) is 12.1 Å². The van der Waals surface area contributed by atoms with Gasteiger partial charge in [-0.05, 0) is 43.5 Å². The van der Waals surface area contributed by atoms with Gasteiger partial charge in [0.25, 0.3) is 0 Å². The van der Waals surface area contributed by atoms with Gasteiger partial charge in [0.05, 0.1) is 11.5 Å². The molecular weight excluding hydrogens is 316 g/mol. The molecule has 0 aromatic heterocycles. The number of hydrogen-bond acceptors (Lipinski definition) is 5. The first-order valence-electron chi connectivity index (χ1n) is 7.82. The minimum Gasteiger partial charge on any atom is -0.494 e. The molecule has 1 aliphatic heterocycles. The van der Waals surface area contributed by atoms with Crippen molar-refractivity contribution in [3.05, 3.63) is 24.3 Å². The average molecular weight is 340 g/mol. The Hall–Kier alpha value is -1.60. The number of carbonyl (C=O) groups excluding carboxylic acids is 1. The molecule has 23 heavy (non-hydrogen) atoms. The van der Waals surface area contributed by atoms with Crippen LogP contribution in [0.5, 0.6) is 5.75 Å². The third kappa shape index (κ3) is 5.51. The molecule has 0 radical (unpaired) electrons. The van der Waals surface area contributed by atoms with E-state index in [-0.39, 0.29) is 16.8 Å². The van der Waals surface area contributed by atoms with E-state index in [4.69, 9.17) is 10.5 Å². The highest BCUT2D eigenvalue weighted by Gasteiger charge is 2.22. The number of likely N-dealkylation sites (tertiary alicyclic amines) is 1. The normalized spacial score (nSPS) is 18.2. The zero-order chi connectivity index (χ0) is 16.9. The van der Waals surface area contributed by atoms with E-state index >= 15 is 0 Å². The number of benzene rings is 1. The Morgan fingerprint density at radius 3 is 2.57 bits per heavy atom. The predicted molar refractivity (Wildman–Crippen MR) is 88.1 cm³/mol. The molecule has 6 nitrogen and oxygen atoms in total. The van der Waals surface area contributed by atoms with Crippen LogP contribution in [0.15, 0.2) is 29.2 Å². The van der Waals surface area contributed by atoms with Gasteiger partial charge < -0.3 is 15.4 Å². The maximum absolute atomic E-state index is 11.9. The van der Waals surface area contributed by atoms with Gasteiger partial charge in [0.2, 0.25) is 5.91 Å². The molecule has 1 aromatic carbocycles. The summed E-state index contributed by atoms with van der Waals surface area (Å²) in [6.45, 7) is 1.94. The minimum atomic E-state index is -3.18. The smallest absolute Gasteiger partial charge is 0.222 e. The number of ether oxygens (including phenoxy) is 1. The summed E-state index contributed by atoms with van der Waals surface area (Å²) in [5.74, 6) is 0.796. The molecule has 0 unspecified atom stereocenters. The molecule has 0 spiro atoms. The van der Waals surface area contributed by atoms with Crippen molar-refractivity contribution in [1.82, 2.24) is 4.90 Å². The highest BCUT2D eigenvalue weighted by Crippen LogP contribution is 2.16. The predicted octanol–water partition coefficient (Wildman–Crippen LogP) is 1.20. The number of hydrogen-bond donors (Lipinski definition) is 1. The van der Waals surface area contributed by atoms with Gasteiger partial charge in [0, 0.05) is 31.8 Å². The monoisotopic (exact) mass is 340 g/mol. The summed E-state index contributed by atoms with van der Waals surface area (Å²) >= 11 is 0. The van der Waals surface area contributed by atoms with E-state index in [0.29, 0.717) is 25.3 Å². The highest BCUT2D eigenvalue weighted by atomic mass is 32.2. The Labute approximate surface area is 137 Å². The molecule has 1 aliphatic rings. The Morgan fingerprint density at radius 1 is 1.30 bits per heavy atom. The standard InChI is InChI=1S/C16H24N2O4S/c1-23(20,21)15-7-5-14(6-8-15)22-11-3-2-4-16(19)18-10-9-13(17)12-18/h5-8,13H,2-4,9-12,17H2,1H3/t13-/m1/s1. The number of rotatable bonds is 7. The van der Waals surface area contributed by atoms with Crippen molar-refractivity contribution in [1.29, 1.82) is 0 Å². The van der Waals surface area contributed by atoms with Gasteiger partial charge in [-0.15, -0.1) is 0 Å². The molecule has 0 aliphatic carbocycles. The van der Waals surface area contributed by atoms with Gasteiger partial charge in [-0.3, -0.25) is 4.79 Å². The van der Waals surface area contributed by atoms with Gasteiger partial charge >= 0.3 is 0 Å². The molecule has 1 heterocycles. The molecule has 1 amide bonds. The Morgan fingerprint density at radius 2 is 2.00 bits per heavy atom. The molecule has 1 saturated heterocycles. The number of nitrogens with two attached hydrogens (primary N) is 1. The summed E-state index contributed by atoms with van der Waals surface area (Å²) in [5.41, 5.74) is 5.79. The molecule has 0 saturated carbocycles. The first-order valence-corrected chi connectivity index (χ1v) is 9.71. The topological polar surface area (TPSA) is 89.7 Å². The fraction of sp³-hybridized carbons (Fsp3) is 0.562. The molecule has 0 bridgehead atoms. The van der Waals surface area contributed by atoms with E-state index in [0.717, 1.165) is 25.8 Å². The first-order chi connectivity index (χ1) is 10.9. The number of amides is 1. The largest absolute Gasteiger partial charge is 0.494 e. The van der Waals surface area contributed by atoms with Crippen molar-refractivity contribution in [3.63, 3.8) is 0 Å². The zero-order valence-corrected chi connectivity index (χ0v) is 14.2. The van der Waals surface area contributed by atoms with Crippen LogP contribution < -0.4 is 10.5 Å². The molecule has 128 valence electrons.